The van der Waals surface area contributed by atoms with Crippen molar-refractivity contribution in [3.63, 3.8) is 0 Å². The fraction of sp³-hybridized carbons (Fsp3) is 0.222. The smallest absolute Gasteiger partial charge is 0.223 e. The van der Waals surface area contributed by atoms with Gasteiger partial charge in [0.15, 0.2) is 17.9 Å². The zero-order chi connectivity index (χ0) is 24.2. The van der Waals surface area contributed by atoms with Gasteiger partial charge < -0.3 is 19.9 Å². The number of hydrogen-bond acceptors (Lipinski definition) is 5. The first kappa shape index (κ1) is 23.8. The summed E-state index contributed by atoms with van der Waals surface area (Å²) in [7, 11) is 0. The fourth-order valence-corrected chi connectivity index (χ4v) is 3.83. The Hall–Kier alpha value is -3.35. The topological polar surface area (TPSA) is 63.6 Å². The maximum atomic E-state index is 15.6. The van der Waals surface area contributed by atoms with Gasteiger partial charge in [-0.05, 0) is 56.7 Å². The summed E-state index contributed by atoms with van der Waals surface area (Å²) in [6.07, 6.45) is 0.798. The normalized spacial score (nSPS) is 12.1. The molecule has 0 bridgehead atoms. The van der Waals surface area contributed by atoms with Crippen molar-refractivity contribution >= 4 is 33.7 Å². The molecule has 0 aliphatic carbocycles. The molecule has 0 amide bonds. The third kappa shape index (κ3) is 5.41. The highest BCUT2D eigenvalue weighted by atomic mass is 35.5. The van der Waals surface area contributed by atoms with Gasteiger partial charge in [0.05, 0.1) is 18.0 Å². The van der Waals surface area contributed by atoms with Crippen molar-refractivity contribution in [2.24, 2.45) is 0 Å². The molecule has 1 heterocycles. The maximum absolute atomic E-state index is 15.6. The number of rotatable bonds is 8. The molecule has 0 radical (unpaired) electrons. The van der Waals surface area contributed by atoms with Crippen LogP contribution in [0.1, 0.15) is 31.9 Å². The Kier molecular flexibility index (Phi) is 7.20. The van der Waals surface area contributed by atoms with Crippen molar-refractivity contribution in [3.8, 4) is 11.6 Å². The van der Waals surface area contributed by atoms with Gasteiger partial charge in [0.25, 0.3) is 0 Å². The molecule has 0 aliphatic rings. The van der Waals surface area contributed by atoms with Crippen LogP contribution in [-0.4, -0.2) is 22.5 Å². The molecule has 5 nitrogen and oxygen atoms in total. The van der Waals surface area contributed by atoms with E-state index >= 15 is 4.39 Å². The number of fused-ring (bicyclic) bond motifs is 1. The number of benzene rings is 3. The third-order valence-electron chi connectivity index (χ3n) is 5.17. The first-order valence-electron chi connectivity index (χ1n) is 11.0. The first-order chi connectivity index (χ1) is 16.3. The highest BCUT2D eigenvalue weighted by molar-refractivity contribution is 6.30. The minimum absolute atomic E-state index is 0.161. The van der Waals surface area contributed by atoms with Gasteiger partial charge in [-0.15, -0.1) is 0 Å². The van der Waals surface area contributed by atoms with Crippen molar-refractivity contribution in [2.45, 2.75) is 39.6 Å². The number of hydrogen-bond donors (Lipinski definition) is 2. The first-order valence-corrected chi connectivity index (χ1v) is 11.4. The van der Waals surface area contributed by atoms with Gasteiger partial charge >= 0.3 is 0 Å². The summed E-state index contributed by atoms with van der Waals surface area (Å²) >= 11 is 6.03. The molecule has 4 rings (SSSR count). The van der Waals surface area contributed by atoms with E-state index in [4.69, 9.17) is 21.1 Å². The van der Waals surface area contributed by atoms with E-state index in [0.29, 0.717) is 34.3 Å². The van der Waals surface area contributed by atoms with E-state index in [1.54, 1.807) is 30.5 Å². The van der Waals surface area contributed by atoms with Crippen LogP contribution in [-0.2, 0) is 6.42 Å². The minimum Gasteiger partial charge on any atom is -0.488 e. The van der Waals surface area contributed by atoms with E-state index in [-0.39, 0.29) is 11.9 Å². The number of ether oxygens (including phenoxy) is 2. The minimum atomic E-state index is -0.997. The molecule has 7 heteroatoms. The molecule has 0 saturated heterocycles. The van der Waals surface area contributed by atoms with Crippen LogP contribution >= 0.6 is 11.6 Å². The van der Waals surface area contributed by atoms with E-state index in [2.05, 4.69) is 10.3 Å². The standard InChI is InChI=1S/C27H26ClFN2O3/c1-16(2)33-25-13-12-23(22(26(25)29)14-18-8-10-19(28)11-9-18)31-24-15-30-27(34-17(3)32)21-7-5-4-6-20(21)24/h4-13,15-17,31-32H,14H2,1-3H3. The van der Waals surface area contributed by atoms with Gasteiger partial charge in [-0.3, -0.25) is 0 Å². The summed E-state index contributed by atoms with van der Waals surface area (Å²) in [4.78, 5) is 4.37. The number of nitrogens with one attached hydrogen (secondary N) is 1. The Morgan fingerprint density at radius 2 is 1.65 bits per heavy atom. The van der Waals surface area contributed by atoms with Gasteiger partial charge in [0, 0.05) is 33.5 Å². The Morgan fingerprint density at radius 3 is 2.32 bits per heavy atom. The molecular weight excluding hydrogens is 455 g/mol. The van der Waals surface area contributed by atoms with Crippen LogP contribution in [0.5, 0.6) is 11.6 Å². The van der Waals surface area contributed by atoms with Crippen LogP contribution in [0.3, 0.4) is 0 Å². The lowest BCUT2D eigenvalue weighted by atomic mass is 10.0. The third-order valence-corrected chi connectivity index (χ3v) is 5.43. The summed E-state index contributed by atoms with van der Waals surface area (Å²) in [5, 5.41) is 15.2. The summed E-state index contributed by atoms with van der Waals surface area (Å²) in [6, 6.07) is 18.3. The van der Waals surface area contributed by atoms with Gasteiger partial charge in [-0.25, -0.2) is 9.37 Å². The highest BCUT2D eigenvalue weighted by Crippen LogP contribution is 2.36. The molecule has 0 aliphatic heterocycles. The van der Waals surface area contributed by atoms with Crippen molar-refractivity contribution < 1.29 is 19.0 Å². The van der Waals surface area contributed by atoms with Crippen LogP contribution < -0.4 is 14.8 Å². The van der Waals surface area contributed by atoms with Gasteiger partial charge in [0.2, 0.25) is 5.88 Å². The van der Waals surface area contributed by atoms with Crippen molar-refractivity contribution in [2.75, 3.05) is 5.32 Å². The molecule has 1 unspecified atom stereocenters. The van der Waals surface area contributed by atoms with E-state index in [1.807, 2.05) is 50.2 Å². The second kappa shape index (κ2) is 10.3. The van der Waals surface area contributed by atoms with Crippen LogP contribution in [0.15, 0.2) is 66.9 Å². The monoisotopic (exact) mass is 480 g/mol. The Balaban J connectivity index is 1.77. The number of halogens is 2. The Morgan fingerprint density at radius 1 is 0.941 bits per heavy atom. The lowest BCUT2D eigenvalue weighted by molar-refractivity contribution is -0.00240. The van der Waals surface area contributed by atoms with Crippen LogP contribution in [0.4, 0.5) is 15.8 Å². The zero-order valence-corrected chi connectivity index (χ0v) is 19.9. The van der Waals surface area contributed by atoms with Crippen LogP contribution in [0, 0.1) is 5.82 Å². The van der Waals surface area contributed by atoms with Gasteiger partial charge in [-0.1, -0.05) is 41.9 Å². The molecule has 1 aromatic heterocycles. The predicted molar refractivity (Wildman–Crippen MR) is 134 cm³/mol. The zero-order valence-electron chi connectivity index (χ0n) is 19.2. The number of pyridine rings is 1. The van der Waals surface area contributed by atoms with E-state index in [0.717, 1.165) is 16.3 Å². The molecule has 3 aromatic carbocycles. The van der Waals surface area contributed by atoms with Crippen LogP contribution in [0.2, 0.25) is 5.02 Å². The maximum Gasteiger partial charge on any atom is 0.223 e. The van der Waals surface area contributed by atoms with Crippen molar-refractivity contribution in [3.05, 3.63) is 88.8 Å². The molecule has 0 saturated carbocycles. The summed E-state index contributed by atoms with van der Waals surface area (Å²) < 4.78 is 26.8. The fourth-order valence-electron chi connectivity index (χ4n) is 3.71. The quantitative estimate of drug-likeness (QED) is 0.269. The second-order valence-electron chi connectivity index (χ2n) is 8.24. The number of aliphatic hydroxyl groups excluding tert-OH is 1. The van der Waals surface area contributed by atoms with E-state index < -0.39 is 12.1 Å². The van der Waals surface area contributed by atoms with Gasteiger partial charge in [0.1, 0.15) is 0 Å². The summed E-state index contributed by atoms with van der Waals surface area (Å²) in [6.45, 7) is 5.24. The lowest BCUT2D eigenvalue weighted by Crippen LogP contribution is -2.11. The molecule has 0 spiro atoms. The second-order valence-corrected chi connectivity index (χ2v) is 8.67. The van der Waals surface area contributed by atoms with Gasteiger partial charge in [-0.2, -0.15) is 0 Å². The van der Waals surface area contributed by atoms with Crippen LogP contribution in [0.25, 0.3) is 10.8 Å². The lowest BCUT2D eigenvalue weighted by Gasteiger charge is -2.19. The van der Waals surface area contributed by atoms with E-state index in [1.165, 1.54) is 6.92 Å². The number of aliphatic hydroxyl groups is 1. The largest absolute Gasteiger partial charge is 0.488 e. The predicted octanol–water partition coefficient (Wildman–Crippen LogP) is 6.87. The Bertz CT molecular complexity index is 1290. The Labute approximate surface area is 203 Å². The summed E-state index contributed by atoms with van der Waals surface area (Å²) in [5.74, 6) is 0.109. The number of nitrogens with zero attached hydrogens (tertiary/aromatic N) is 1. The SMILES string of the molecule is CC(C)Oc1ccc(Nc2cnc(OC(C)O)c3ccccc23)c(Cc2ccc(Cl)cc2)c1F. The molecular formula is C27H26ClFN2O3. The van der Waals surface area contributed by atoms with Crippen molar-refractivity contribution in [1.82, 2.24) is 4.98 Å². The highest BCUT2D eigenvalue weighted by Gasteiger charge is 2.18. The number of aromatic nitrogens is 1. The average Bonchev–Trinajstić information content (AvgIpc) is 2.80. The molecule has 34 heavy (non-hydrogen) atoms. The molecule has 1 atom stereocenters. The molecule has 4 aromatic rings. The molecule has 2 N–H and O–H groups in total. The van der Waals surface area contributed by atoms with E-state index in [9.17, 15) is 5.11 Å². The average molecular weight is 481 g/mol. The molecule has 176 valence electrons. The number of anilines is 2. The summed E-state index contributed by atoms with van der Waals surface area (Å²) in [5.41, 5.74) is 2.66. The van der Waals surface area contributed by atoms with Crippen molar-refractivity contribution in [1.29, 1.82) is 0 Å². The molecule has 0 fully saturated rings.